The van der Waals surface area contributed by atoms with E-state index in [2.05, 4.69) is 10.4 Å². The van der Waals surface area contributed by atoms with Crippen LogP contribution in [-0.4, -0.2) is 22.2 Å². The zero-order valence-corrected chi connectivity index (χ0v) is 12.3. The number of aryl methyl sites for hydroxylation is 1. The Morgan fingerprint density at radius 2 is 2.05 bits per heavy atom. The van der Waals surface area contributed by atoms with Crippen LogP contribution in [0.5, 0.6) is 0 Å². The van der Waals surface area contributed by atoms with Crippen molar-refractivity contribution in [1.29, 1.82) is 0 Å². The van der Waals surface area contributed by atoms with Gasteiger partial charge in [-0.15, -0.1) is 0 Å². The molecule has 0 saturated carbocycles. The van der Waals surface area contributed by atoms with E-state index in [0.29, 0.717) is 18.0 Å². The fourth-order valence-electron chi connectivity index (χ4n) is 2.29. The summed E-state index contributed by atoms with van der Waals surface area (Å²) in [5.74, 6) is 0.516. The molecule has 0 aliphatic heterocycles. The molecule has 0 bridgehead atoms. The summed E-state index contributed by atoms with van der Waals surface area (Å²) in [6.45, 7) is 0.579. The van der Waals surface area contributed by atoms with Gasteiger partial charge in [0.15, 0.2) is 11.5 Å². The number of nitrogens with zero attached hydrogens (tertiary/aromatic N) is 2. The fourth-order valence-corrected chi connectivity index (χ4v) is 2.29. The van der Waals surface area contributed by atoms with Crippen LogP contribution in [0.2, 0.25) is 0 Å². The minimum atomic E-state index is -0.177. The topological polar surface area (TPSA) is 60.1 Å². The van der Waals surface area contributed by atoms with E-state index in [1.54, 1.807) is 24.1 Å². The molecule has 3 rings (SSSR count). The van der Waals surface area contributed by atoms with Crippen LogP contribution in [0, 0.1) is 0 Å². The van der Waals surface area contributed by atoms with Crippen LogP contribution < -0.4 is 5.32 Å². The summed E-state index contributed by atoms with van der Waals surface area (Å²) in [4.78, 5) is 12.2. The third-order valence-corrected chi connectivity index (χ3v) is 3.43. The summed E-state index contributed by atoms with van der Waals surface area (Å²) in [5.41, 5.74) is 2.36. The van der Waals surface area contributed by atoms with Crippen LogP contribution in [0.15, 0.2) is 59.2 Å². The molecule has 1 amide bonds. The molecular formula is C17H17N3O2. The van der Waals surface area contributed by atoms with Gasteiger partial charge >= 0.3 is 0 Å². The van der Waals surface area contributed by atoms with Crippen molar-refractivity contribution in [3.63, 3.8) is 0 Å². The predicted molar refractivity (Wildman–Crippen MR) is 83.4 cm³/mol. The maximum absolute atomic E-state index is 12.2. The van der Waals surface area contributed by atoms with Gasteiger partial charge in [0.2, 0.25) is 0 Å². The molecule has 1 N–H and O–H groups in total. The fraction of sp³-hybridized carbons (Fsp3) is 0.176. The van der Waals surface area contributed by atoms with Crippen LogP contribution in [0.25, 0.3) is 11.5 Å². The molecule has 0 radical (unpaired) electrons. The van der Waals surface area contributed by atoms with Gasteiger partial charge in [0.1, 0.15) is 5.69 Å². The summed E-state index contributed by atoms with van der Waals surface area (Å²) in [6, 6.07) is 15.4. The summed E-state index contributed by atoms with van der Waals surface area (Å²) in [5, 5.41) is 7.12. The number of carbonyl (C=O) groups excluding carboxylic acids is 1. The highest BCUT2D eigenvalue weighted by Crippen LogP contribution is 2.20. The highest BCUT2D eigenvalue weighted by molar-refractivity contribution is 5.93. The molecule has 0 spiro atoms. The highest BCUT2D eigenvalue weighted by atomic mass is 16.3. The molecule has 2 heterocycles. The number of furan rings is 1. The molecule has 0 saturated heterocycles. The van der Waals surface area contributed by atoms with Crippen molar-refractivity contribution in [2.75, 3.05) is 6.54 Å². The molecule has 0 fully saturated rings. The van der Waals surface area contributed by atoms with Gasteiger partial charge in [0.25, 0.3) is 5.91 Å². The molecule has 112 valence electrons. The van der Waals surface area contributed by atoms with Gasteiger partial charge in [-0.1, -0.05) is 30.3 Å². The number of nitrogens with one attached hydrogen (secondary N) is 1. The van der Waals surface area contributed by atoms with Crippen molar-refractivity contribution in [2.24, 2.45) is 7.05 Å². The van der Waals surface area contributed by atoms with E-state index in [-0.39, 0.29) is 5.91 Å². The van der Waals surface area contributed by atoms with E-state index < -0.39 is 0 Å². The van der Waals surface area contributed by atoms with Crippen LogP contribution in [0.3, 0.4) is 0 Å². The lowest BCUT2D eigenvalue weighted by Crippen LogP contribution is -2.26. The monoisotopic (exact) mass is 295 g/mol. The highest BCUT2D eigenvalue weighted by Gasteiger charge is 2.14. The zero-order valence-electron chi connectivity index (χ0n) is 12.3. The lowest BCUT2D eigenvalue weighted by atomic mass is 10.1. The standard InChI is InChI=1S/C17H17N3O2/c1-20-15(16-8-5-11-22-16)12-14(19-20)17(21)18-10-9-13-6-3-2-4-7-13/h2-8,11-12H,9-10H2,1H3,(H,18,21). The number of benzene rings is 1. The second kappa shape index (κ2) is 6.30. The maximum atomic E-state index is 12.2. The number of hydrogen-bond acceptors (Lipinski definition) is 3. The Morgan fingerprint density at radius 3 is 2.77 bits per heavy atom. The Balaban J connectivity index is 1.62. The lowest BCUT2D eigenvalue weighted by molar-refractivity contribution is 0.0948. The van der Waals surface area contributed by atoms with Gasteiger partial charge in [-0.3, -0.25) is 9.48 Å². The van der Waals surface area contributed by atoms with Gasteiger partial charge in [-0.25, -0.2) is 0 Å². The van der Waals surface area contributed by atoms with Crippen LogP contribution in [0.1, 0.15) is 16.1 Å². The van der Waals surface area contributed by atoms with Gasteiger partial charge in [0.05, 0.1) is 6.26 Å². The van der Waals surface area contributed by atoms with Crippen LogP contribution in [0.4, 0.5) is 0 Å². The van der Waals surface area contributed by atoms with Crippen LogP contribution in [-0.2, 0) is 13.5 Å². The zero-order chi connectivity index (χ0) is 15.4. The summed E-state index contributed by atoms with van der Waals surface area (Å²) in [6.07, 6.45) is 2.40. The largest absolute Gasteiger partial charge is 0.463 e. The first-order valence-corrected chi connectivity index (χ1v) is 7.14. The van der Waals surface area contributed by atoms with E-state index in [4.69, 9.17) is 4.42 Å². The van der Waals surface area contributed by atoms with Crippen molar-refractivity contribution >= 4 is 5.91 Å². The van der Waals surface area contributed by atoms with Crippen molar-refractivity contribution in [1.82, 2.24) is 15.1 Å². The first-order chi connectivity index (χ1) is 10.7. The van der Waals surface area contributed by atoms with Gasteiger partial charge in [-0.05, 0) is 24.1 Å². The molecule has 5 heteroatoms. The molecule has 0 aliphatic carbocycles. The normalized spacial score (nSPS) is 10.6. The van der Waals surface area contributed by atoms with Crippen molar-refractivity contribution in [3.05, 3.63) is 66.1 Å². The summed E-state index contributed by atoms with van der Waals surface area (Å²) < 4.78 is 6.98. The second-order valence-corrected chi connectivity index (χ2v) is 5.01. The third kappa shape index (κ3) is 3.09. The Hall–Kier alpha value is -2.82. The Morgan fingerprint density at radius 1 is 1.23 bits per heavy atom. The Labute approximate surface area is 128 Å². The Kier molecular flexibility index (Phi) is 4.05. The molecule has 1 aromatic carbocycles. The molecule has 22 heavy (non-hydrogen) atoms. The van der Waals surface area contributed by atoms with E-state index in [9.17, 15) is 4.79 Å². The van der Waals surface area contributed by atoms with Crippen LogP contribution >= 0.6 is 0 Å². The molecule has 2 aromatic heterocycles. The third-order valence-electron chi connectivity index (χ3n) is 3.43. The molecule has 5 nitrogen and oxygen atoms in total. The second-order valence-electron chi connectivity index (χ2n) is 5.01. The van der Waals surface area contributed by atoms with E-state index in [1.807, 2.05) is 42.5 Å². The molecule has 0 atom stereocenters. The molecule has 0 aliphatic rings. The van der Waals surface area contributed by atoms with E-state index in [0.717, 1.165) is 12.1 Å². The minimum Gasteiger partial charge on any atom is -0.463 e. The number of rotatable bonds is 5. The van der Waals surface area contributed by atoms with E-state index >= 15 is 0 Å². The van der Waals surface area contributed by atoms with Gasteiger partial charge < -0.3 is 9.73 Å². The number of amides is 1. The Bertz CT molecular complexity index is 746. The summed E-state index contributed by atoms with van der Waals surface area (Å²) >= 11 is 0. The quantitative estimate of drug-likeness (QED) is 0.787. The molecular weight excluding hydrogens is 278 g/mol. The van der Waals surface area contributed by atoms with Gasteiger partial charge in [0, 0.05) is 19.7 Å². The molecule has 3 aromatic rings. The van der Waals surface area contributed by atoms with Crippen molar-refractivity contribution in [3.8, 4) is 11.5 Å². The number of hydrogen-bond donors (Lipinski definition) is 1. The number of aromatic nitrogens is 2. The maximum Gasteiger partial charge on any atom is 0.271 e. The van der Waals surface area contributed by atoms with Crippen molar-refractivity contribution < 1.29 is 9.21 Å². The van der Waals surface area contributed by atoms with Gasteiger partial charge in [-0.2, -0.15) is 5.10 Å². The minimum absolute atomic E-state index is 0.177. The summed E-state index contributed by atoms with van der Waals surface area (Å²) in [7, 11) is 1.79. The lowest BCUT2D eigenvalue weighted by Gasteiger charge is -2.03. The molecule has 0 unspecified atom stereocenters. The predicted octanol–water partition coefficient (Wildman–Crippen LogP) is 2.65. The first kappa shape index (κ1) is 14.1. The smallest absolute Gasteiger partial charge is 0.271 e. The number of carbonyl (C=O) groups is 1. The first-order valence-electron chi connectivity index (χ1n) is 7.14. The van der Waals surface area contributed by atoms with Crippen molar-refractivity contribution in [2.45, 2.75) is 6.42 Å². The average molecular weight is 295 g/mol. The van der Waals surface area contributed by atoms with E-state index in [1.165, 1.54) is 5.56 Å². The average Bonchev–Trinajstić information content (AvgIpc) is 3.17. The SMILES string of the molecule is Cn1nc(C(=O)NCCc2ccccc2)cc1-c1ccco1.